The largest absolute Gasteiger partial charge is 0.481 e. The van der Waals surface area contributed by atoms with Crippen LogP contribution in [0.1, 0.15) is 49.2 Å². The number of aliphatic imine (C=N–C) groups is 1. The van der Waals surface area contributed by atoms with Crippen molar-refractivity contribution in [1.29, 1.82) is 0 Å². The topological polar surface area (TPSA) is 104 Å². The van der Waals surface area contributed by atoms with Gasteiger partial charge in [0.2, 0.25) is 0 Å². The van der Waals surface area contributed by atoms with Crippen molar-refractivity contribution in [3.8, 4) is 0 Å². The average molecular weight is 609 g/mol. The van der Waals surface area contributed by atoms with Gasteiger partial charge in [0, 0.05) is 47.2 Å². The van der Waals surface area contributed by atoms with Gasteiger partial charge in [0.25, 0.3) is 5.92 Å². The SMILES string of the molecule is CCOC(=O)C1=C(CN2[C@@H]3CC(CC(=O)O)C[C@H]2C(F)(F)C3)NC(c2nccs2)=N[C@H]1c1ccccc1Br. The minimum absolute atomic E-state index is 0.0458. The number of fused-ring (bicyclic) bond motifs is 2. The zero-order chi connectivity index (χ0) is 27.0. The van der Waals surface area contributed by atoms with E-state index in [9.17, 15) is 14.7 Å². The van der Waals surface area contributed by atoms with E-state index in [4.69, 9.17) is 9.73 Å². The molecule has 2 aromatic rings. The van der Waals surface area contributed by atoms with Gasteiger partial charge in [-0.3, -0.25) is 14.7 Å². The van der Waals surface area contributed by atoms with E-state index in [0.29, 0.717) is 23.0 Å². The third-order valence-corrected chi connectivity index (χ3v) is 8.79. The average Bonchev–Trinajstić information content (AvgIpc) is 3.43. The Morgan fingerprint density at radius 2 is 2.11 bits per heavy atom. The fourth-order valence-electron chi connectivity index (χ4n) is 5.76. The molecule has 4 heterocycles. The maximum atomic E-state index is 15.1. The highest BCUT2D eigenvalue weighted by Crippen LogP contribution is 2.49. The number of hydrogen-bond acceptors (Lipinski definition) is 8. The number of carboxylic acids is 1. The lowest BCUT2D eigenvalue weighted by atomic mass is 9.87. The number of piperidine rings is 1. The number of hydrogen-bond donors (Lipinski definition) is 2. The smallest absolute Gasteiger partial charge is 0.338 e. The lowest BCUT2D eigenvalue weighted by molar-refractivity contribution is -0.140. The first-order chi connectivity index (χ1) is 18.2. The van der Waals surface area contributed by atoms with Gasteiger partial charge in [-0.25, -0.2) is 18.6 Å². The van der Waals surface area contributed by atoms with Crippen molar-refractivity contribution in [3.63, 3.8) is 0 Å². The molecule has 0 radical (unpaired) electrons. The number of nitrogens with zero attached hydrogens (tertiary/aromatic N) is 3. The van der Waals surface area contributed by atoms with Crippen LogP contribution in [0.5, 0.6) is 0 Å². The van der Waals surface area contributed by atoms with Crippen LogP contribution < -0.4 is 5.32 Å². The maximum absolute atomic E-state index is 15.1. The number of nitrogens with one attached hydrogen (secondary N) is 1. The van der Waals surface area contributed by atoms with E-state index in [1.54, 1.807) is 18.0 Å². The van der Waals surface area contributed by atoms with Gasteiger partial charge in [-0.2, -0.15) is 0 Å². The number of ether oxygens (including phenoxy) is 1. The van der Waals surface area contributed by atoms with E-state index >= 15 is 8.78 Å². The summed E-state index contributed by atoms with van der Waals surface area (Å²) in [5.41, 5.74) is 1.43. The van der Waals surface area contributed by atoms with E-state index in [1.165, 1.54) is 11.3 Å². The van der Waals surface area contributed by atoms with E-state index in [0.717, 1.165) is 10.0 Å². The summed E-state index contributed by atoms with van der Waals surface area (Å²) >= 11 is 4.94. The zero-order valence-electron chi connectivity index (χ0n) is 20.6. The molecule has 4 atom stereocenters. The summed E-state index contributed by atoms with van der Waals surface area (Å²) in [4.78, 5) is 35.6. The lowest BCUT2D eigenvalue weighted by Gasteiger charge is -2.40. The first-order valence-electron chi connectivity index (χ1n) is 12.4. The van der Waals surface area contributed by atoms with E-state index in [2.05, 4.69) is 26.2 Å². The Bertz CT molecular complexity index is 1290. The number of carbonyl (C=O) groups is 2. The molecular weight excluding hydrogens is 582 g/mol. The van der Waals surface area contributed by atoms with Crippen LogP contribution in [-0.4, -0.2) is 63.9 Å². The number of benzene rings is 1. The Morgan fingerprint density at radius 3 is 2.76 bits per heavy atom. The summed E-state index contributed by atoms with van der Waals surface area (Å²) < 4.78 is 36.4. The molecule has 2 saturated heterocycles. The molecule has 1 aromatic heterocycles. The summed E-state index contributed by atoms with van der Waals surface area (Å²) in [7, 11) is 0. The Hall–Kier alpha value is -2.70. The molecule has 2 N–H and O–H groups in total. The number of aromatic nitrogens is 1. The van der Waals surface area contributed by atoms with Crippen LogP contribution in [-0.2, 0) is 14.3 Å². The molecule has 0 saturated carbocycles. The third kappa shape index (κ3) is 5.26. The minimum atomic E-state index is -2.95. The number of carbonyl (C=O) groups excluding carboxylic acids is 1. The van der Waals surface area contributed by atoms with Gasteiger partial charge in [-0.1, -0.05) is 34.1 Å². The molecule has 3 aliphatic rings. The summed E-state index contributed by atoms with van der Waals surface area (Å²) in [6.07, 6.45) is 1.63. The first kappa shape index (κ1) is 26.9. The molecule has 1 unspecified atom stereocenters. The Labute approximate surface area is 230 Å². The number of amidine groups is 1. The quantitative estimate of drug-likeness (QED) is 0.416. The molecule has 12 heteroatoms. The molecule has 38 heavy (non-hydrogen) atoms. The number of carboxylic acid groups (broad SMARTS) is 1. The van der Waals surface area contributed by atoms with E-state index < -0.39 is 36.0 Å². The number of rotatable bonds is 8. The molecule has 2 fully saturated rings. The fraction of sp³-hybridized carbons (Fsp3) is 0.462. The predicted molar refractivity (Wildman–Crippen MR) is 141 cm³/mol. The van der Waals surface area contributed by atoms with Gasteiger partial charge in [0.1, 0.15) is 6.04 Å². The van der Waals surface area contributed by atoms with Gasteiger partial charge >= 0.3 is 11.9 Å². The zero-order valence-corrected chi connectivity index (χ0v) is 23.0. The Balaban J connectivity index is 1.57. The van der Waals surface area contributed by atoms with Crippen molar-refractivity contribution in [2.75, 3.05) is 13.2 Å². The molecule has 5 rings (SSSR count). The number of thiazole rings is 1. The standard InChI is InChI=1S/C26H27BrF2N4O4S/c1-2-37-25(36)21-18(13-33-15-9-14(11-20(34)35)10-19(33)26(28,29)12-15)31-23(24-30-7-8-38-24)32-22(21)16-5-3-4-6-17(16)27/h3-8,14-15,19,22H,2,9-13H2,1H3,(H,31,32)(H,34,35)/t14?,15-,19+,22+/m1/s1. The fourth-order valence-corrected chi connectivity index (χ4v) is 6.85. The predicted octanol–water partition coefficient (Wildman–Crippen LogP) is 4.78. The van der Waals surface area contributed by atoms with Crippen LogP contribution in [0.2, 0.25) is 0 Å². The molecule has 8 nitrogen and oxygen atoms in total. The van der Waals surface area contributed by atoms with Crippen molar-refractivity contribution >= 4 is 45.0 Å². The summed E-state index contributed by atoms with van der Waals surface area (Å²) in [6, 6.07) is 5.04. The minimum Gasteiger partial charge on any atom is -0.481 e. The van der Waals surface area contributed by atoms with Gasteiger partial charge < -0.3 is 15.2 Å². The highest BCUT2D eigenvalue weighted by atomic mass is 79.9. The van der Waals surface area contributed by atoms with Gasteiger partial charge in [-0.15, -0.1) is 11.3 Å². The second-order valence-electron chi connectivity index (χ2n) is 9.72. The number of alkyl halides is 2. The number of aliphatic carboxylic acids is 1. The highest BCUT2D eigenvalue weighted by Gasteiger charge is 2.57. The van der Waals surface area contributed by atoms with Crippen LogP contribution in [0.4, 0.5) is 8.78 Å². The highest BCUT2D eigenvalue weighted by molar-refractivity contribution is 9.10. The lowest BCUT2D eigenvalue weighted by Crippen LogP contribution is -2.50. The van der Waals surface area contributed by atoms with Crippen LogP contribution in [0, 0.1) is 5.92 Å². The van der Waals surface area contributed by atoms with Crippen molar-refractivity contribution in [3.05, 3.63) is 62.2 Å². The third-order valence-electron chi connectivity index (χ3n) is 7.29. The van der Waals surface area contributed by atoms with E-state index in [-0.39, 0.29) is 43.9 Å². The Kier molecular flexibility index (Phi) is 7.65. The van der Waals surface area contributed by atoms with Gasteiger partial charge in [-0.05, 0) is 37.3 Å². The monoisotopic (exact) mass is 608 g/mol. The van der Waals surface area contributed by atoms with Crippen molar-refractivity contribution in [1.82, 2.24) is 15.2 Å². The molecule has 0 aliphatic carbocycles. The van der Waals surface area contributed by atoms with Crippen LogP contribution in [0.15, 0.2) is 56.6 Å². The normalized spacial score (nSPS) is 26.6. The summed E-state index contributed by atoms with van der Waals surface area (Å²) in [6.45, 7) is 1.90. The summed E-state index contributed by atoms with van der Waals surface area (Å²) in [5, 5.41) is 14.9. The van der Waals surface area contributed by atoms with Crippen LogP contribution >= 0.6 is 27.3 Å². The second kappa shape index (κ2) is 10.8. The maximum Gasteiger partial charge on any atom is 0.338 e. The molecule has 3 aliphatic heterocycles. The van der Waals surface area contributed by atoms with Crippen LogP contribution in [0.3, 0.4) is 0 Å². The first-order valence-corrected chi connectivity index (χ1v) is 14.1. The molecule has 0 spiro atoms. The number of halogens is 3. The summed E-state index contributed by atoms with van der Waals surface area (Å²) in [5.74, 6) is -4.37. The Morgan fingerprint density at radius 1 is 1.32 bits per heavy atom. The van der Waals surface area contributed by atoms with Gasteiger partial charge in [0.15, 0.2) is 10.8 Å². The van der Waals surface area contributed by atoms with Crippen LogP contribution in [0.25, 0.3) is 0 Å². The second-order valence-corrected chi connectivity index (χ2v) is 11.5. The van der Waals surface area contributed by atoms with Crippen molar-refractivity contribution < 1.29 is 28.2 Å². The molecule has 2 bridgehead atoms. The van der Waals surface area contributed by atoms with Gasteiger partial charge in [0.05, 0.1) is 18.2 Å². The number of esters is 1. The van der Waals surface area contributed by atoms with E-state index in [1.807, 2.05) is 29.6 Å². The molecule has 202 valence electrons. The molecule has 0 amide bonds. The molecule has 1 aromatic carbocycles. The molecular formula is C26H27BrF2N4O4S. The van der Waals surface area contributed by atoms with Crippen molar-refractivity contribution in [2.24, 2.45) is 10.9 Å². The van der Waals surface area contributed by atoms with Crippen molar-refractivity contribution in [2.45, 2.75) is 56.7 Å².